The van der Waals surface area contributed by atoms with Gasteiger partial charge in [-0.05, 0) is 38.3 Å². The van der Waals surface area contributed by atoms with E-state index in [1.165, 1.54) is 17.0 Å². The van der Waals surface area contributed by atoms with E-state index >= 15 is 0 Å². The largest absolute Gasteiger partial charge is 0.332 e. The quantitative estimate of drug-likeness (QED) is 0.553. The van der Waals surface area contributed by atoms with E-state index in [4.69, 9.17) is 4.52 Å². The summed E-state index contributed by atoms with van der Waals surface area (Å²) in [5, 5.41) is 4.05. The Bertz CT molecular complexity index is 1250. The number of nitrogens with zero attached hydrogens (tertiary/aromatic N) is 5. The third-order valence-electron chi connectivity index (χ3n) is 5.26. The number of fused-ring (bicyclic) bond motifs is 3. The summed E-state index contributed by atoms with van der Waals surface area (Å²) >= 11 is 0. The number of hydrogen-bond donors (Lipinski definition) is 0. The van der Waals surface area contributed by atoms with Crippen LogP contribution in [0.2, 0.25) is 0 Å². The highest BCUT2D eigenvalue weighted by molar-refractivity contribution is 5.83. The molecule has 0 radical (unpaired) electrons. The smallest absolute Gasteiger partial charge is 0.278 e. The van der Waals surface area contributed by atoms with Crippen molar-refractivity contribution in [2.45, 2.75) is 39.2 Å². The number of rotatable bonds is 3. The van der Waals surface area contributed by atoms with Gasteiger partial charge in [0.2, 0.25) is 0 Å². The minimum Gasteiger partial charge on any atom is -0.332 e. The minimum absolute atomic E-state index is 0.217. The van der Waals surface area contributed by atoms with Crippen molar-refractivity contribution in [3.05, 3.63) is 46.5 Å². The predicted octanol–water partition coefficient (Wildman–Crippen LogP) is 3.54. The lowest BCUT2D eigenvalue weighted by Gasteiger charge is -2.16. The van der Waals surface area contributed by atoms with Gasteiger partial charge in [0.15, 0.2) is 11.5 Å². The maximum atomic E-state index is 14.5. The molecule has 1 aliphatic rings. The van der Waals surface area contributed by atoms with Crippen molar-refractivity contribution >= 4 is 16.6 Å². The second kappa shape index (κ2) is 5.48. The van der Waals surface area contributed by atoms with Crippen molar-refractivity contribution in [3.63, 3.8) is 0 Å². The molecule has 1 saturated carbocycles. The second-order valence-electron chi connectivity index (χ2n) is 7.47. The number of halogens is 1. The van der Waals surface area contributed by atoms with E-state index in [0.29, 0.717) is 34.4 Å². The molecule has 2 atom stereocenters. The molecule has 0 bridgehead atoms. The molecule has 4 aromatic rings. The molecule has 8 heteroatoms. The van der Waals surface area contributed by atoms with Gasteiger partial charge in [-0.1, -0.05) is 18.1 Å². The fraction of sp³-hybridized carbons (Fsp3) is 0.368. The Morgan fingerprint density at radius 3 is 2.78 bits per heavy atom. The lowest BCUT2D eigenvalue weighted by Crippen LogP contribution is -2.25. The van der Waals surface area contributed by atoms with Crippen LogP contribution in [0.4, 0.5) is 4.39 Å². The molecule has 27 heavy (non-hydrogen) atoms. The van der Waals surface area contributed by atoms with E-state index in [2.05, 4.69) is 22.0 Å². The first-order valence-corrected chi connectivity index (χ1v) is 9.01. The van der Waals surface area contributed by atoms with E-state index in [1.54, 1.807) is 16.5 Å². The highest BCUT2D eigenvalue weighted by Crippen LogP contribution is 2.45. The Hall–Kier alpha value is -3.03. The highest BCUT2D eigenvalue weighted by atomic mass is 19.1. The first-order valence-electron chi connectivity index (χ1n) is 9.01. The summed E-state index contributed by atoms with van der Waals surface area (Å²) in [5.74, 6) is 1.26. The second-order valence-corrected chi connectivity index (χ2v) is 7.47. The van der Waals surface area contributed by atoms with Crippen molar-refractivity contribution in [2.75, 3.05) is 0 Å². The van der Waals surface area contributed by atoms with Gasteiger partial charge in [-0.3, -0.25) is 13.8 Å². The summed E-state index contributed by atoms with van der Waals surface area (Å²) in [6, 6.07) is 4.51. The van der Waals surface area contributed by atoms with Gasteiger partial charge >= 0.3 is 0 Å². The first kappa shape index (κ1) is 16.2. The molecule has 0 spiro atoms. The number of aromatic nitrogens is 5. The molecule has 0 saturated heterocycles. The molecule has 3 heterocycles. The molecular formula is C19H18FN5O2. The van der Waals surface area contributed by atoms with Gasteiger partial charge in [0.1, 0.15) is 23.2 Å². The van der Waals surface area contributed by atoms with Crippen molar-refractivity contribution in [2.24, 2.45) is 5.92 Å². The van der Waals surface area contributed by atoms with Crippen LogP contribution in [0.15, 0.2) is 33.8 Å². The summed E-state index contributed by atoms with van der Waals surface area (Å²) in [6.07, 6.45) is 2.54. The maximum Gasteiger partial charge on any atom is 0.278 e. The lowest BCUT2D eigenvalue weighted by molar-refractivity contribution is 0.421. The van der Waals surface area contributed by atoms with Crippen molar-refractivity contribution in [1.29, 1.82) is 0 Å². The zero-order chi connectivity index (χ0) is 18.9. The standard InChI is InChI=1S/C19H18FN5O2/c1-9(2)25-15-12(20)5-4-6-13(15)24-8-21-14(16(24)19(25)26)18-22-17(23-27-18)11-7-10(11)3/h4-6,8-11H,7H2,1-3H3. The van der Waals surface area contributed by atoms with E-state index in [-0.39, 0.29) is 23.0 Å². The third-order valence-corrected chi connectivity index (χ3v) is 5.26. The van der Waals surface area contributed by atoms with Gasteiger partial charge in [-0.25, -0.2) is 9.37 Å². The van der Waals surface area contributed by atoms with Crippen LogP contribution in [0.25, 0.3) is 28.1 Å². The average Bonchev–Trinajstić information content (AvgIpc) is 3.03. The zero-order valence-electron chi connectivity index (χ0n) is 15.2. The van der Waals surface area contributed by atoms with Crippen molar-refractivity contribution in [1.82, 2.24) is 24.1 Å². The Balaban J connectivity index is 1.82. The van der Waals surface area contributed by atoms with Crippen LogP contribution < -0.4 is 5.56 Å². The summed E-state index contributed by atoms with van der Waals surface area (Å²) in [6.45, 7) is 5.83. The van der Waals surface area contributed by atoms with Gasteiger partial charge in [0.05, 0.1) is 5.52 Å². The summed E-state index contributed by atoms with van der Waals surface area (Å²) in [5.41, 5.74) is 1.11. The molecule has 0 aliphatic heterocycles. The van der Waals surface area contributed by atoms with Crippen LogP contribution >= 0.6 is 0 Å². The predicted molar refractivity (Wildman–Crippen MR) is 97.1 cm³/mol. The SMILES string of the molecule is CC1CC1c1noc(-c2ncn3c2c(=O)n(C(C)C)c2c(F)cccc23)n1. The molecule has 3 aromatic heterocycles. The fourth-order valence-electron chi connectivity index (χ4n) is 3.70. The first-order chi connectivity index (χ1) is 13.0. The van der Waals surface area contributed by atoms with E-state index in [1.807, 2.05) is 13.8 Å². The van der Waals surface area contributed by atoms with E-state index < -0.39 is 5.82 Å². The number of para-hydroxylation sites is 1. The van der Waals surface area contributed by atoms with Gasteiger partial charge in [0.25, 0.3) is 11.4 Å². The summed E-state index contributed by atoms with van der Waals surface area (Å²) in [4.78, 5) is 22.0. The lowest BCUT2D eigenvalue weighted by atomic mass is 10.2. The molecule has 7 nitrogen and oxygen atoms in total. The highest BCUT2D eigenvalue weighted by Gasteiger charge is 2.38. The molecule has 138 valence electrons. The summed E-state index contributed by atoms with van der Waals surface area (Å²) < 4.78 is 23.0. The van der Waals surface area contributed by atoms with Crippen molar-refractivity contribution in [3.8, 4) is 11.6 Å². The molecular weight excluding hydrogens is 349 g/mol. The number of imidazole rings is 1. The molecule has 1 aliphatic carbocycles. The Kier molecular flexibility index (Phi) is 3.28. The van der Waals surface area contributed by atoms with Crippen LogP contribution in [0, 0.1) is 11.7 Å². The molecule has 5 rings (SSSR count). The monoisotopic (exact) mass is 367 g/mol. The van der Waals surface area contributed by atoms with Crippen LogP contribution in [0.1, 0.15) is 45.0 Å². The molecule has 1 aromatic carbocycles. The normalized spacial score (nSPS) is 19.4. The zero-order valence-corrected chi connectivity index (χ0v) is 15.2. The summed E-state index contributed by atoms with van der Waals surface area (Å²) in [7, 11) is 0. The topological polar surface area (TPSA) is 78.2 Å². The molecule has 1 fully saturated rings. The maximum absolute atomic E-state index is 14.5. The molecule has 0 amide bonds. The van der Waals surface area contributed by atoms with Crippen molar-refractivity contribution < 1.29 is 8.91 Å². The van der Waals surface area contributed by atoms with Crippen LogP contribution in [-0.2, 0) is 0 Å². The molecule has 2 unspecified atom stereocenters. The average molecular weight is 367 g/mol. The van der Waals surface area contributed by atoms with Gasteiger partial charge in [-0.15, -0.1) is 0 Å². The molecule has 0 N–H and O–H groups in total. The fourth-order valence-corrected chi connectivity index (χ4v) is 3.70. The Morgan fingerprint density at radius 1 is 1.30 bits per heavy atom. The van der Waals surface area contributed by atoms with E-state index in [0.717, 1.165) is 6.42 Å². The van der Waals surface area contributed by atoms with E-state index in [9.17, 15) is 9.18 Å². The number of benzene rings is 1. The van der Waals surface area contributed by atoms with Gasteiger partial charge in [-0.2, -0.15) is 4.98 Å². The number of hydrogen-bond acceptors (Lipinski definition) is 5. The third kappa shape index (κ3) is 2.25. The Labute approximate surface area is 153 Å². The van der Waals surface area contributed by atoms with Gasteiger partial charge in [0, 0.05) is 12.0 Å². The minimum atomic E-state index is -0.446. The van der Waals surface area contributed by atoms with Crippen LogP contribution in [-0.4, -0.2) is 24.1 Å². The Morgan fingerprint density at radius 2 is 2.07 bits per heavy atom. The van der Waals surface area contributed by atoms with Gasteiger partial charge < -0.3 is 4.52 Å². The van der Waals surface area contributed by atoms with Crippen LogP contribution in [0.3, 0.4) is 0 Å². The van der Waals surface area contributed by atoms with Crippen LogP contribution in [0.5, 0.6) is 0 Å².